The summed E-state index contributed by atoms with van der Waals surface area (Å²) in [5.74, 6) is -2.62. The number of pyridine rings is 2. The molecule has 0 amide bonds. The molecule has 0 fully saturated rings. The SMILES string of the molecule is COc1nc(Oc2ccc(F)cc2)ccc1N(c1ccncn1)S(=O)(=O)c1ccc2cnccc2c1.O=C(O)C(F)(F)F. The zero-order valence-corrected chi connectivity index (χ0v) is 22.6. The molecule has 0 aliphatic carbocycles. The second-order valence-corrected chi connectivity index (χ2v) is 10.0. The van der Waals surface area contributed by atoms with Crippen LogP contribution in [0.4, 0.5) is 29.1 Å². The Morgan fingerprint density at radius 3 is 2.26 bits per heavy atom. The van der Waals surface area contributed by atoms with Gasteiger partial charge in [-0.2, -0.15) is 18.2 Å². The molecule has 0 aliphatic heterocycles. The van der Waals surface area contributed by atoms with E-state index in [0.717, 1.165) is 9.69 Å². The largest absolute Gasteiger partial charge is 0.490 e. The van der Waals surface area contributed by atoms with Gasteiger partial charge < -0.3 is 14.6 Å². The monoisotopic (exact) mass is 617 g/mol. The van der Waals surface area contributed by atoms with E-state index in [1.54, 1.807) is 30.6 Å². The van der Waals surface area contributed by atoms with Crippen molar-refractivity contribution in [3.05, 3.63) is 97.5 Å². The number of hydrogen-bond acceptors (Lipinski definition) is 9. The third-order valence-corrected chi connectivity index (χ3v) is 7.14. The van der Waals surface area contributed by atoms with Crippen molar-refractivity contribution in [1.29, 1.82) is 0 Å². The number of aromatic nitrogens is 4. The average molecular weight is 618 g/mol. The summed E-state index contributed by atoms with van der Waals surface area (Å²) in [6.45, 7) is 0. The smallest absolute Gasteiger partial charge is 0.479 e. The van der Waals surface area contributed by atoms with E-state index in [0.29, 0.717) is 11.1 Å². The first-order valence-corrected chi connectivity index (χ1v) is 13.3. The molecule has 0 unspecified atom stereocenters. The average Bonchev–Trinajstić information content (AvgIpc) is 2.99. The quantitative estimate of drug-likeness (QED) is 0.232. The summed E-state index contributed by atoms with van der Waals surface area (Å²) in [5.41, 5.74) is 0.109. The molecule has 5 aromatic rings. The van der Waals surface area contributed by atoms with Crippen molar-refractivity contribution in [2.45, 2.75) is 11.1 Å². The van der Waals surface area contributed by atoms with Crippen LogP contribution < -0.4 is 13.8 Å². The van der Waals surface area contributed by atoms with Gasteiger partial charge in [-0.1, -0.05) is 6.07 Å². The lowest BCUT2D eigenvalue weighted by molar-refractivity contribution is -0.192. The van der Waals surface area contributed by atoms with E-state index in [1.165, 1.54) is 68.2 Å². The molecule has 1 N–H and O–H groups in total. The van der Waals surface area contributed by atoms with Gasteiger partial charge in [0.15, 0.2) is 5.82 Å². The van der Waals surface area contributed by atoms with Crippen molar-refractivity contribution >= 4 is 38.3 Å². The van der Waals surface area contributed by atoms with E-state index < -0.39 is 28.0 Å². The van der Waals surface area contributed by atoms with Crippen molar-refractivity contribution in [2.75, 3.05) is 11.4 Å². The minimum absolute atomic E-state index is 0.0261. The molecular weight excluding hydrogens is 598 g/mol. The third-order valence-electron chi connectivity index (χ3n) is 5.43. The maximum atomic E-state index is 14.0. The maximum absolute atomic E-state index is 14.0. The molecule has 43 heavy (non-hydrogen) atoms. The highest BCUT2D eigenvalue weighted by Crippen LogP contribution is 2.38. The molecule has 222 valence electrons. The van der Waals surface area contributed by atoms with Gasteiger partial charge in [-0.25, -0.2) is 31.9 Å². The minimum Gasteiger partial charge on any atom is -0.479 e. The molecule has 16 heteroatoms. The van der Waals surface area contributed by atoms with Crippen molar-refractivity contribution < 1.29 is 45.4 Å². The van der Waals surface area contributed by atoms with Crippen LogP contribution in [0, 0.1) is 5.82 Å². The van der Waals surface area contributed by atoms with Crippen LogP contribution in [0.5, 0.6) is 17.5 Å². The summed E-state index contributed by atoms with van der Waals surface area (Å²) in [6, 6.07) is 16.3. The third kappa shape index (κ3) is 7.28. The van der Waals surface area contributed by atoms with Crippen LogP contribution in [-0.2, 0) is 14.8 Å². The van der Waals surface area contributed by atoms with Crippen LogP contribution in [0.1, 0.15) is 0 Å². The Bertz CT molecular complexity index is 1840. The predicted octanol–water partition coefficient (Wildman–Crippen LogP) is 5.52. The fourth-order valence-electron chi connectivity index (χ4n) is 3.51. The fourth-order valence-corrected chi connectivity index (χ4v) is 4.99. The Labute approximate surface area is 241 Å². The molecule has 0 saturated heterocycles. The Hall–Kier alpha value is -5.38. The second kappa shape index (κ2) is 12.6. The number of hydrogen-bond donors (Lipinski definition) is 1. The summed E-state index contributed by atoms with van der Waals surface area (Å²) in [5, 5.41) is 8.63. The molecule has 0 aliphatic rings. The highest BCUT2D eigenvalue weighted by Gasteiger charge is 2.38. The van der Waals surface area contributed by atoms with Crippen molar-refractivity contribution in [3.63, 3.8) is 0 Å². The Morgan fingerprint density at radius 1 is 0.930 bits per heavy atom. The second-order valence-electron chi connectivity index (χ2n) is 8.26. The number of halogens is 4. The molecular formula is C27H19F4N5O6S. The first kappa shape index (κ1) is 30.6. The predicted molar refractivity (Wildman–Crippen MR) is 144 cm³/mol. The minimum atomic E-state index is -5.08. The Morgan fingerprint density at radius 2 is 1.63 bits per heavy atom. The topological polar surface area (TPSA) is 145 Å². The van der Waals surface area contributed by atoms with Gasteiger partial charge in [0.2, 0.25) is 11.8 Å². The van der Waals surface area contributed by atoms with Gasteiger partial charge in [0.05, 0.1) is 12.0 Å². The molecule has 3 heterocycles. The van der Waals surface area contributed by atoms with Gasteiger partial charge in [0, 0.05) is 36.1 Å². The summed E-state index contributed by atoms with van der Waals surface area (Å²) in [7, 11) is -2.83. The molecule has 0 saturated carbocycles. The molecule has 11 nitrogen and oxygen atoms in total. The van der Waals surface area contributed by atoms with Crippen LogP contribution in [0.2, 0.25) is 0 Å². The summed E-state index contributed by atoms with van der Waals surface area (Å²) < 4.78 is 85.0. The van der Waals surface area contributed by atoms with E-state index >= 15 is 0 Å². The summed E-state index contributed by atoms with van der Waals surface area (Å²) in [4.78, 5) is 25.4. The Balaban J connectivity index is 0.000000541. The molecule has 0 bridgehead atoms. The standard InChI is InChI=1S/C25H18FN5O4S.C2HF3O2/c1-34-25-22(8-9-24(30-25)35-20-5-3-19(26)4-6-20)31(23-11-13-28-16-29-23)36(32,33)21-7-2-18-15-27-12-10-17(18)14-21;3-2(4,5)1(6)7/h2-16H,1H3;(H,6,7). The number of sulfonamides is 1. The van der Waals surface area contributed by atoms with Crippen LogP contribution in [0.3, 0.4) is 0 Å². The van der Waals surface area contributed by atoms with Crippen LogP contribution >= 0.6 is 0 Å². The number of alkyl halides is 3. The number of carbonyl (C=O) groups is 1. The zero-order valence-electron chi connectivity index (χ0n) is 21.8. The normalized spacial score (nSPS) is 11.3. The number of anilines is 2. The zero-order chi connectivity index (χ0) is 31.2. The first-order valence-electron chi connectivity index (χ1n) is 11.8. The van der Waals surface area contributed by atoms with Crippen LogP contribution in [-0.4, -0.2) is 52.7 Å². The van der Waals surface area contributed by atoms with E-state index in [1.807, 2.05) is 0 Å². The number of rotatable bonds is 7. The lowest BCUT2D eigenvalue weighted by Crippen LogP contribution is -2.27. The van der Waals surface area contributed by atoms with Gasteiger partial charge in [-0.15, -0.1) is 0 Å². The van der Waals surface area contributed by atoms with Gasteiger partial charge in [-0.05, 0) is 53.9 Å². The maximum Gasteiger partial charge on any atom is 0.490 e. The number of benzene rings is 2. The lowest BCUT2D eigenvalue weighted by atomic mass is 10.2. The molecule has 2 aromatic carbocycles. The number of methoxy groups -OCH3 is 1. The lowest BCUT2D eigenvalue weighted by Gasteiger charge is -2.24. The van der Waals surface area contributed by atoms with Crippen LogP contribution in [0.15, 0.2) is 96.5 Å². The van der Waals surface area contributed by atoms with E-state index in [2.05, 4.69) is 19.9 Å². The van der Waals surface area contributed by atoms with Gasteiger partial charge in [0.25, 0.3) is 10.0 Å². The number of carboxylic acid groups (broad SMARTS) is 1. The van der Waals surface area contributed by atoms with E-state index in [9.17, 15) is 26.0 Å². The first-order chi connectivity index (χ1) is 20.4. The number of aliphatic carboxylic acids is 1. The molecule has 0 atom stereocenters. The van der Waals surface area contributed by atoms with Crippen molar-refractivity contribution in [1.82, 2.24) is 19.9 Å². The number of fused-ring (bicyclic) bond motifs is 1. The molecule has 5 rings (SSSR count). The fraction of sp³-hybridized carbons (Fsp3) is 0.0741. The number of ether oxygens (including phenoxy) is 2. The van der Waals surface area contributed by atoms with Crippen molar-refractivity contribution in [3.8, 4) is 17.5 Å². The van der Waals surface area contributed by atoms with Gasteiger partial charge in [-0.3, -0.25) is 4.98 Å². The summed E-state index contributed by atoms with van der Waals surface area (Å²) >= 11 is 0. The van der Waals surface area contributed by atoms with E-state index in [4.69, 9.17) is 19.4 Å². The summed E-state index contributed by atoms with van der Waals surface area (Å²) in [6.07, 6.45) is 0.840. The Kier molecular flexibility index (Phi) is 8.99. The highest BCUT2D eigenvalue weighted by atomic mass is 32.2. The van der Waals surface area contributed by atoms with Gasteiger partial charge in [0.1, 0.15) is 23.6 Å². The molecule has 0 spiro atoms. The van der Waals surface area contributed by atoms with Crippen LogP contribution in [0.25, 0.3) is 10.8 Å². The molecule has 3 aromatic heterocycles. The van der Waals surface area contributed by atoms with Gasteiger partial charge >= 0.3 is 12.1 Å². The number of nitrogens with zero attached hydrogens (tertiary/aromatic N) is 5. The number of carboxylic acids is 1. The van der Waals surface area contributed by atoms with E-state index in [-0.39, 0.29) is 28.2 Å². The molecule has 0 radical (unpaired) electrons. The van der Waals surface area contributed by atoms with Crippen molar-refractivity contribution in [2.24, 2.45) is 0 Å². The highest BCUT2D eigenvalue weighted by molar-refractivity contribution is 7.93.